The summed E-state index contributed by atoms with van der Waals surface area (Å²) in [5.74, 6) is 0.957. The summed E-state index contributed by atoms with van der Waals surface area (Å²) in [5, 5.41) is 9.54. The third-order valence-corrected chi connectivity index (χ3v) is 6.08. The summed E-state index contributed by atoms with van der Waals surface area (Å²) in [6.07, 6.45) is 4.06. The first-order valence-corrected chi connectivity index (χ1v) is 9.82. The zero-order chi connectivity index (χ0) is 19.7. The minimum absolute atomic E-state index is 0.0493. The third-order valence-electron chi connectivity index (χ3n) is 6.08. The number of rotatable bonds is 3. The van der Waals surface area contributed by atoms with Gasteiger partial charge >= 0.3 is 6.09 Å². The molecule has 2 aliphatic rings. The summed E-state index contributed by atoms with van der Waals surface area (Å²) in [6.45, 7) is 6.34. The highest BCUT2D eigenvalue weighted by molar-refractivity contribution is 5.69. The molecular weight excluding hydrogens is 340 g/mol. The van der Waals surface area contributed by atoms with E-state index in [1.165, 1.54) is 5.56 Å². The van der Waals surface area contributed by atoms with E-state index >= 15 is 0 Å². The number of piperidine rings is 1. The van der Waals surface area contributed by atoms with Gasteiger partial charge in [-0.05, 0) is 57.7 Å². The highest BCUT2D eigenvalue weighted by atomic mass is 16.6. The van der Waals surface area contributed by atoms with E-state index in [1.807, 2.05) is 37.8 Å². The molecule has 0 radical (unpaired) electrons. The molecule has 2 fully saturated rings. The smallest absolute Gasteiger partial charge is 0.410 e. The van der Waals surface area contributed by atoms with Crippen LogP contribution in [-0.4, -0.2) is 36.3 Å². The molecule has 1 amide bonds. The standard InChI is InChI=1S/C22H30N2O3/c1-21(2,3)27-20(25)24-14-12-22(16-7-5-8-17(15-16)26-4)11-6-9-19(24)18(22)10-13-23/h5,7-8,15,18-19H,6,9-12,14H2,1-4H3/t18-,19-,22-/m1/s1. The van der Waals surface area contributed by atoms with Crippen molar-refractivity contribution < 1.29 is 14.3 Å². The van der Waals surface area contributed by atoms with Gasteiger partial charge in [-0.15, -0.1) is 0 Å². The number of nitriles is 1. The first kappa shape index (κ1) is 19.5. The molecule has 27 heavy (non-hydrogen) atoms. The van der Waals surface area contributed by atoms with Gasteiger partial charge in [-0.1, -0.05) is 18.6 Å². The summed E-state index contributed by atoms with van der Waals surface area (Å²) >= 11 is 0. The highest BCUT2D eigenvalue weighted by Gasteiger charge is 2.53. The first-order chi connectivity index (χ1) is 12.8. The van der Waals surface area contributed by atoms with Crippen molar-refractivity contribution in [3.8, 4) is 11.8 Å². The predicted molar refractivity (Wildman–Crippen MR) is 104 cm³/mol. The van der Waals surface area contributed by atoms with Crippen molar-refractivity contribution in [2.75, 3.05) is 13.7 Å². The van der Waals surface area contributed by atoms with Crippen LogP contribution in [0.4, 0.5) is 4.79 Å². The number of likely N-dealkylation sites (tertiary alicyclic amines) is 1. The maximum atomic E-state index is 12.8. The Morgan fingerprint density at radius 1 is 1.37 bits per heavy atom. The van der Waals surface area contributed by atoms with E-state index in [0.29, 0.717) is 13.0 Å². The second-order valence-corrected chi connectivity index (χ2v) is 8.74. The molecule has 3 rings (SSSR count). The number of amides is 1. The minimum atomic E-state index is -0.516. The largest absolute Gasteiger partial charge is 0.497 e. The molecular formula is C22H30N2O3. The van der Waals surface area contributed by atoms with Crippen LogP contribution in [0.15, 0.2) is 24.3 Å². The minimum Gasteiger partial charge on any atom is -0.497 e. The number of carbonyl (C=O) groups excluding carboxylic acids is 1. The number of methoxy groups -OCH3 is 1. The predicted octanol–water partition coefficient (Wildman–Crippen LogP) is 4.66. The first-order valence-electron chi connectivity index (χ1n) is 9.82. The van der Waals surface area contributed by atoms with Gasteiger partial charge in [-0.25, -0.2) is 4.79 Å². The van der Waals surface area contributed by atoms with Crippen molar-refractivity contribution >= 4 is 6.09 Å². The van der Waals surface area contributed by atoms with E-state index in [-0.39, 0.29) is 23.5 Å². The number of ether oxygens (including phenoxy) is 2. The number of hydrogen-bond acceptors (Lipinski definition) is 4. The average molecular weight is 370 g/mol. The molecule has 1 aliphatic carbocycles. The van der Waals surface area contributed by atoms with E-state index in [1.54, 1.807) is 7.11 Å². The zero-order valence-corrected chi connectivity index (χ0v) is 16.8. The van der Waals surface area contributed by atoms with E-state index in [4.69, 9.17) is 9.47 Å². The lowest BCUT2D eigenvalue weighted by Crippen LogP contribution is -2.60. The van der Waals surface area contributed by atoms with Crippen molar-refractivity contribution in [2.45, 2.75) is 69.9 Å². The van der Waals surface area contributed by atoms with Gasteiger partial charge in [0.05, 0.1) is 13.2 Å². The molecule has 3 atom stereocenters. The van der Waals surface area contributed by atoms with Crippen LogP contribution in [0.1, 0.15) is 58.4 Å². The van der Waals surface area contributed by atoms with Gasteiger partial charge in [0.15, 0.2) is 0 Å². The van der Waals surface area contributed by atoms with Crippen molar-refractivity contribution in [1.82, 2.24) is 4.90 Å². The van der Waals surface area contributed by atoms with Gasteiger partial charge in [-0.2, -0.15) is 5.26 Å². The maximum Gasteiger partial charge on any atom is 0.410 e. The van der Waals surface area contributed by atoms with Crippen LogP contribution in [0, 0.1) is 17.2 Å². The van der Waals surface area contributed by atoms with E-state index in [2.05, 4.69) is 18.2 Å². The van der Waals surface area contributed by atoms with Crippen LogP contribution in [-0.2, 0) is 10.2 Å². The molecule has 1 saturated heterocycles. The number of carbonyl (C=O) groups is 1. The molecule has 1 aromatic carbocycles. The molecule has 146 valence electrons. The average Bonchev–Trinajstić information content (AvgIpc) is 2.60. The number of fused-ring (bicyclic) bond motifs is 2. The maximum absolute atomic E-state index is 12.8. The summed E-state index contributed by atoms with van der Waals surface area (Å²) in [6, 6.07) is 10.7. The van der Waals surface area contributed by atoms with Crippen molar-refractivity contribution in [3.63, 3.8) is 0 Å². The Labute approximate surface area is 162 Å². The van der Waals surface area contributed by atoms with Crippen LogP contribution in [0.25, 0.3) is 0 Å². The topological polar surface area (TPSA) is 62.6 Å². The summed E-state index contributed by atoms with van der Waals surface area (Å²) < 4.78 is 11.1. The zero-order valence-electron chi connectivity index (χ0n) is 16.8. The Balaban J connectivity index is 1.95. The molecule has 1 heterocycles. The lowest BCUT2D eigenvalue weighted by atomic mass is 9.56. The molecule has 0 unspecified atom stereocenters. The fourth-order valence-corrected chi connectivity index (χ4v) is 4.96. The van der Waals surface area contributed by atoms with Crippen molar-refractivity contribution in [2.24, 2.45) is 5.92 Å². The third kappa shape index (κ3) is 3.76. The summed E-state index contributed by atoms with van der Waals surface area (Å²) in [7, 11) is 1.68. The Kier molecular flexibility index (Phi) is 5.37. The van der Waals surface area contributed by atoms with Crippen LogP contribution in [0.3, 0.4) is 0 Å². The quantitative estimate of drug-likeness (QED) is 0.776. The molecule has 0 spiro atoms. The van der Waals surface area contributed by atoms with Crippen LogP contribution < -0.4 is 4.74 Å². The molecule has 1 aromatic rings. The van der Waals surface area contributed by atoms with E-state index in [9.17, 15) is 10.1 Å². The molecule has 5 heteroatoms. The van der Waals surface area contributed by atoms with Gasteiger partial charge in [0.2, 0.25) is 0 Å². The SMILES string of the molecule is COc1cccc([C@]23CCC[C@H]([C@H]2CC#N)N(C(=O)OC(C)(C)C)CC3)c1. The molecule has 2 bridgehead atoms. The Morgan fingerprint density at radius 2 is 2.15 bits per heavy atom. The lowest BCUT2D eigenvalue weighted by molar-refractivity contribution is -0.0350. The normalized spacial score (nSPS) is 27.6. The van der Waals surface area contributed by atoms with Gasteiger partial charge in [0.25, 0.3) is 0 Å². The summed E-state index contributed by atoms with van der Waals surface area (Å²) in [4.78, 5) is 14.7. The Morgan fingerprint density at radius 3 is 2.81 bits per heavy atom. The summed E-state index contributed by atoms with van der Waals surface area (Å²) in [5.41, 5.74) is 0.638. The Bertz CT molecular complexity index is 734. The van der Waals surface area contributed by atoms with Crippen LogP contribution in [0.5, 0.6) is 5.75 Å². The van der Waals surface area contributed by atoms with Crippen molar-refractivity contribution in [1.29, 1.82) is 5.26 Å². The highest BCUT2D eigenvalue weighted by Crippen LogP contribution is 2.52. The fraction of sp³-hybridized carbons (Fsp3) is 0.636. The molecule has 1 aliphatic heterocycles. The number of nitrogens with zero attached hydrogens (tertiary/aromatic N) is 2. The van der Waals surface area contributed by atoms with Gasteiger partial charge in [0, 0.05) is 30.3 Å². The van der Waals surface area contributed by atoms with Crippen LogP contribution >= 0.6 is 0 Å². The lowest BCUT2D eigenvalue weighted by Gasteiger charge is -2.55. The molecule has 1 saturated carbocycles. The monoisotopic (exact) mass is 370 g/mol. The van der Waals surface area contributed by atoms with Gasteiger partial charge < -0.3 is 14.4 Å². The second kappa shape index (κ2) is 7.42. The molecule has 0 N–H and O–H groups in total. The Hall–Kier alpha value is -2.22. The van der Waals surface area contributed by atoms with Crippen molar-refractivity contribution in [3.05, 3.63) is 29.8 Å². The second-order valence-electron chi connectivity index (χ2n) is 8.74. The van der Waals surface area contributed by atoms with Gasteiger partial charge in [0.1, 0.15) is 11.4 Å². The fourth-order valence-electron chi connectivity index (χ4n) is 4.96. The molecule has 0 aromatic heterocycles. The van der Waals surface area contributed by atoms with Crippen LogP contribution in [0.2, 0.25) is 0 Å². The van der Waals surface area contributed by atoms with E-state index < -0.39 is 5.60 Å². The molecule has 5 nitrogen and oxygen atoms in total. The van der Waals surface area contributed by atoms with Gasteiger partial charge in [-0.3, -0.25) is 0 Å². The number of hydrogen-bond donors (Lipinski definition) is 0. The number of benzene rings is 1. The van der Waals surface area contributed by atoms with E-state index in [0.717, 1.165) is 31.4 Å².